The van der Waals surface area contributed by atoms with E-state index in [1.165, 1.54) is 11.1 Å². The summed E-state index contributed by atoms with van der Waals surface area (Å²) in [7, 11) is 0. The lowest BCUT2D eigenvalue weighted by Crippen LogP contribution is -2.23. The molecule has 4 heteroatoms. The van der Waals surface area contributed by atoms with Gasteiger partial charge in [-0.05, 0) is 54.8 Å². The van der Waals surface area contributed by atoms with Gasteiger partial charge in [0.05, 0.1) is 0 Å². The number of nitrogens with one attached hydrogen (secondary N) is 1. The zero-order chi connectivity index (χ0) is 15.4. The first-order valence-corrected chi connectivity index (χ1v) is 8.91. The summed E-state index contributed by atoms with van der Waals surface area (Å²) in [6, 6.07) is 12.8. The fourth-order valence-electron chi connectivity index (χ4n) is 2.35. The molecule has 1 unspecified atom stereocenters. The lowest BCUT2D eigenvalue weighted by atomic mass is 9.97. The van der Waals surface area contributed by atoms with E-state index < -0.39 is 0 Å². The van der Waals surface area contributed by atoms with E-state index in [2.05, 4.69) is 75.3 Å². The van der Waals surface area contributed by atoms with Crippen molar-refractivity contribution in [2.45, 2.75) is 26.3 Å². The van der Waals surface area contributed by atoms with Crippen molar-refractivity contribution in [1.29, 1.82) is 0 Å². The van der Waals surface area contributed by atoms with Crippen molar-refractivity contribution in [3.05, 3.63) is 67.1 Å². The first-order chi connectivity index (χ1) is 10.0. The molecule has 0 aliphatic carbocycles. The second kappa shape index (κ2) is 7.77. The number of benzene rings is 2. The van der Waals surface area contributed by atoms with E-state index in [1.807, 2.05) is 12.1 Å². The molecule has 112 valence electrons. The normalized spacial score (nSPS) is 12.4. The van der Waals surface area contributed by atoms with Crippen molar-refractivity contribution < 1.29 is 0 Å². The predicted molar refractivity (Wildman–Crippen MR) is 98.2 cm³/mol. The Kier molecular flexibility index (Phi) is 6.30. The van der Waals surface area contributed by atoms with Gasteiger partial charge in [0.25, 0.3) is 0 Å². The van der Waals surface area contributed by atoms with E-state index >= 15 is 0 Å². The molecule has 0 fully saturated rings. The number of rotatable bonds is 5. The molecule has 0 spiro atoms. The van der Waals surface area contributed by atoms with Crippen LogP contribution in [0.15, 0.2) is 45.3 Å². The molecule has 2 aromatic carbocycles. The number of halogens is 3. The van der Waals surface area contributed by atoms with Gasteiger partial charge in [0.1, 0.15) is 0 Å². The summed E-state index contributed by atoms with van der Waals surface area (Å²) in [6.07, 6.45) is 0.876. The molecule has 0 aliphatic rings. The van der Waals surface area contributed by atoms with E-state index in [4.69, 9.17) is 11.6 Å². The molecule has 0 amide bonds. The van der Waals surface area contributed by atoms with Gasteiger partial charge in [-0.3, -0.25) is 0 Å². The molecule has 0 aromatic heterocycles. The minimum Gasteiger partial charge on any atom is -0.310 e. The molecule has 0 heterocycles. The Morgan fingerprint density at radius 3 is 2.52 bits per heavy atom. The minimum atomic E-state index is 0.264. The van der Waals surface area contributed by atoms with E-state index in [0.29, 0.717) is 0 Å². The number of aryl methyl sites for hydroxylation is 1. The van der Waals surface area contributed by atoms with E-state index in [-0.39, 0.29) is 6.04 Å². The summed E-state index contributed by atoms with van der Waals surface area (Å²) in [5.74, 6) is 0. The third-order valence-corrected chi connectivity index (χ3v) is 5.21. The average molecular weight is 432 g/mol. The molecular weight excluding hydrogens is 413 g/mol. The van der Waals surface area contributed by atoms with Crippen LogP contribution in [0.1, 0.15) is 29.7 Å². The molecule has 1 nitrogen and oxygen atoms in total. The van der Waals surface area contributed by atoms with Crippen molar-refractivity contribution in [2.24, 2.45) is 0 Å². The average Bonchev–Trinajstić information content (AvgIpc) is 2.44. The van der Waals surface area contributed by atoms with Crippen LogP contribution in [0.3, 0.4) is 0 Å². The summed E-state index contributed by atoms with van der Waals surface area (Å²) in [4.78, 5) is 0. The Morgan fingerprint density at radius 2 is 1.90 bits per heavy atom. The summed E-state index contributed by atoms with van der Waals surface area (Å²) in [5.41, 5.74) is 3.69. The monoisotopic (exact) mass is 429 g/mol. The first-order valence-electron chi connectivity index (χ1n) is 6.94. The maximum Gasteiger partial charge on any atom is 0.0449 e. The van der Waals surface area contributed by atoms with E-state index in [0.717, 1.165) is 32.5 Å². The third-order valence-electron chi connectivity index (χ3n) is 3.47. The summed E-state index contributed by atoms with van der Waals surface area (Å²) in [5, 5.41) is 4.36. The maximum absolute atomic E-state index is 6.35. The largest absolute Gasteiger partial charge is 0.310 e. The highest BCUT2D eigenvalue weighted by Gasteiger charge is 2.14. The van der Waals surface area contributed by atoms with Gasteiger partial charge in [-0.15, -0.1) is 0 Å². The summed E-state index contributed by atoms with van der Waals surface area (Å²) >= 11 is 13.4. The van der Waals surface area contributed by atoms with Gasteiger partial charge in [0.2, 0.25) is 0 Å². The van der Waals surface area contributed by atoms with Crippen molar-refractivity contribution in [3.8, 4) is 0 Å². The van der Waals surface area contributed by atoms with Crippen molar-refractivity contribution in [1.82, 2.24) is 5.32 Å². The van der Waals surface area contributed by atoms with Crippen molar-refractivity contribution in [3.63, 3.8) is 0 Å². The van der Waals surface area contributed by atoms with E-state index in [1.54, 1.807) is 0 Å². The zero-order valence-corrected chi connectivity index (χ0v) is 16.0. The molecule has 0 aliphatic heterocycles. The zero-order valence-electron chi connectivity index (χ0n) is 12.1. The van der Waals surface area contributed by atoms with Crippen LogP contribution in [0.5, 0.6) is 0 Å². The molecule has 0 radical (unpaired) electrons. The number of likely N-dealkylation sites (N-methyl/N-ethyl adjacent to an activating group) is 1. The quantitative estimate of drug-likeness (QED) is 0.606. The van der Waals surface area contributed by atoms with Gasteiger partial charge >= 0.3 is 0 Å². The van der Waals surface area contributed by atoms with Gasteiger partial charge in [0, 0.05) is 20.0 Å². The highest BCUT2D eigenvalue weighted by Crippen LogP contribution is 2.28. The van der Waals surface area contributed by atoms with Crippen molar-refractivity contribution in [2.75, 3.05) is 6.54 Å². The van der Waals surface area contributed by atoms with Crippen LogP contribution in [0.2, 0.25) is 5.02 Å². The lowest BCUT2D eigenvalue weighted by molar-refractivity contribution is 0.549. The molecule has 21 heavy (non-hydrogen) atoms. The standard InChI is InChI=1S/C17H18Br2ClN/c1-3-21-17(13-5-7-15(19)11(2)8-13)9-12-4-6-14(18)10-16(12)20/h4-8,10,17,21H,3,9H2,1-2H3. The van der Waals surface area contributed by atoms with Gasteiger partial charge in [-0.25, -0.2) is 0 Å². The highest BCUT2D eigenvalue weighted by atomic mass is 79.9. The van der Waals surface area contributed by atoms with Crippen LogP contribution in [-0.4, -0.2) is 6.54 Å². The lowest BCUT2D eigenvalue weighted by Gasteiger charge is -2.20. The van der Waals surface area contributed by atoms with Crippen LogP contribution in [0, 0.1) is 6.92 Å². The fraction of sp³-hybridized carbons (Fsp3) is 0.294. The summed E-state index contributed by atoms with van der Waals surface area (Å²) < 4.78 is 2.15. The van der Waals surface area contributed by atoms with Gasteiger partial charge in [0.15, 0.2) is 0 Å². The Balaban J connectivity index is 2.28. The molecule has 2 aromatic rings. The fourth-order valence-corrected chi connectivity index (χ4v) is 3.34. The second-order valence-corrected chi connectivity index (χ2v) is 7.24. The van der Waals surface area contributed by atoms with Gasteiger partial charge in [-0.1, -0.05) is 68.6 Å². The van der Waals surface area contributed by atoms with Gasteiger partial charge < -0.3 is 5.32 Å². The Hall–Kier alpha value is -0.350. The molecule has 1 atom stereocenters. The van der Waals surface area contributed by atoms with Crippen LogP contribution < -0.4 is 5.32 Å². The molecule has 0 saturated carbocycles. The Morgan fingerprint density at radius 1 is 1.14 bits per heavy atom. The smallest absolute Gasteiger partial charge is 0.0449 e. The van der Waals surface area contributed by atoms with Gasteiger partial charge in [-0.2, -0.15) is 0 Å². The van der Waals surface area contributed by atoms with Crippen LogP contribution in [0.25, 0.3) is 0 Å². The SMILES string of the molecule is CCNC(Cc1ccc(Br)cc1Cl)c1ccc(Br)c(C)c1. The van der Waals surface area contributed by atoms with Crippen LogP contribution in [-0.2, 0) is 6.42 Å². The molecule has 2 rings (SSSR count). The van der Waals surface area contributed by atoms with Crippen molar-refractivity contribution >= 4 is 43.5 Å². The maximum atomic E-state index is 6.35. The first kappa shape index (κ1) is 17.0. The molecular formula is C17H18Br2ClN. The Labute approximate surface area is 148 Å². The predicted octanol–water partition coefficient (Wildman–Crippen LogP) is 6.07. The number of hydrogen-bond acceptors (Lipinski definition) is 1. The Bertz CT molecular complexity index is 628. The second-order valence-electron chi connectivity index (χ2n) is 5.06. The molecule has 0 bridgehead atoms. The topological polar surface area (TPSA) is 12.0 Å². The van der Waals surface area contributed by atoms with E-state index in [9.17, 15) is 0 Å². The molecule has 0 saturated heterocycles. The van der Waals surface area contributed by atoms with Crippen LogP contribution >= 0.6 is 43.5 Å². The minimum absolute atomic E-state index is 0.264. The molecule has 1 N–H and O–H groups in total. The number of hydrogen-bond donors (Lipinski definition) is 1. The summed E-state index contributed by atoms with van der Waals surface area (Å²) in [6.45, 7) is 5.17. The highest BCUT2D eigenvalue weighted by molar-refractivity contribution is 9.10. The van der Waals surface area contributed by atoms with Crippen LogP contribution in [0.4, 0.5) is 0 Å². The third kappa shape index (κ3) is 4.56.